The van der Waals surface area contributed by atoms with Crippen LogP contribution < -0.4 is 0 Å². The number of azide groups is 2. The average molecular weight is 599 g/mol. The number of ether oxygens (including phenoxy) is 3. The predicted molar refractivity (Wildman–Crippen MR) is 160 cm³/mol. The zero-order chi connectivity index (χ0) is 30.1. The number of nitrogens with zero attached hydrogens (tertiary/aromatic N) is 8. The summed E-state index contributed by atoms with van der Waals surface area (Å²) < 4.78 is 18.4. The molecule has 5 aliphatic rings. The Hall–Kier alpha value is -2.82. The van der Waals surface area contributed by atoms with Crippen LogP contribution in [0.2, 0.25) is 0 Å². The molecule has 0 spiro atoms. The number of amides is 1. The predicted octanol–water partition coefficient (Wildman–Crippen LogP) is 5.74. The first-order chi connectivity index (χ1) is 21.1. The van der Waals surface area contributed by atoms with Gasteiger partial charge in [0.25, 0.3) is 5.91 Å². The van der Waals surface area contributed by atoms with Gasteiger partial charge in [0.05, 0.1) is 19.3 Å². The third kappa shape index (κ3) is 7.29. The van der Waals surface area contributed by atoms with Gasteiger partial charge in [-0.15, -0.1) is 0 Å². The van der Waals surface area contributed by atoms with Crippen molar-refractivity contribution < 1.29 is 24.1 Å². The molecule has 3 aliphatic carbocycles. The fourth-order valence-corrected chi connectivity index (χ4v) is 7.69. The van der Waals surface area contributed by atoms with Crippen LogP contribution in [0.4, 0.5) is 0 Å². The highest BCUT2D eigenvalue weighted by Gasteiger charge is 2.58. The fraction of sp³-hybridized carbons (Fsp3) is 0.867. The summed E-state index contributed by atoms with van der Waals surface area (Å²) in [5.74, 6) is 0.605. The Labute approximate surface area is 253 Å². The zero-order valence-corrected chi connectivity index (χ0v) is 25.2. The Morgan fingerprint density at radius 3 is 2.56 bits per heavy atom. The topological polar surface area (TPSA) is 178 Å². The van der Waals surface area contributed by atoms with Gasteiger partial charge in [0.2, 0.25) is 0 Å². The Bertz CT molecular complexity index is 1140. The van der Waals surface area contributed by atoms with Gasteiger partial charge < -0.3 is 24.2 Å². The highest BCUT2D eigenvalue weighted by molar-refractivity contribution is 5.95. The second-order valence-electron chi connectivity index (χ2n) is 12.6. The van der Waals surface area contributed by atoms with Crippen LogP contribution in [0.3, 0.4) is 0 Å². The van der Waals surface area contributed by atoms with Crippen LogP contribution in [0.25, 0.3) is 20.9 Å². The Kier molecular flexibility index (Phi) is 11.2. The second-order valence-corrected chi connectivity index (χ2v) is 12.6. The van der Waals surface area contributed by atoms with Gasteiger partial charge in [0.1, 0.15) is 0 Å². The number of carbonyl (C=O) groups excluding carboxylic acids is 1. The highest BCUT2D eigenvalue weighted by Crippen LogP contribution is 2.47. The molecule has 43 heavy (non-hydrogen) atoms. The molecule has 0 aromatic heterocycles. The average Bonchev–Trinajstić information content (AvgIpc) is 3.43. The molecule has 2 heterocycles. The van der Waals surface area contributed by atoms with Gasteiger partial charge in [-0.1, -0.05) is 23.1 Å². The lowest BCUT2D eigenvalue weighted by molar-refractivity contribution is -0.144. The largest absolute Gasteiger partial charge is 0.470 e. The van der Waals surface area contributed by atoms with E-state index < -0.39 is 11.6 Å². The molecule has 0 aromatic carbocycles. The van der Waals surface area contributed by atoms with Crippen molar-refractivity contribution in [2.75, 3.05) is 39.5 Å². The highest BCUT2D eigenvalue weighted by atomic mass is 16.5. The Morgan fingerprint density at radius 2 is 1.81 bits per heavy atom. The third-order valence-electron chi connectivity index (χ3n) is 9.93. The molecule has 1 saturated heterocycles. The van der Waals surface area contributed by atoms with Gasteiger partial charge in [0, 0.05) is 53.8 Å². The van der Waals surface area contributed by atoms with Crippen molar-refractivity contribution >= 4 is 11.8 Å². The molecule has 1 N–H and O–H groups in total. The summed E-state index contributed by atoms with van der Waals surface area (Å²) in [6.07, 6.45) is 10.8. The summed E-state index contributed by atoms with van der Waals surface area (Å²) >= 11 is 0. The molecule has 3 fully saturated rings. The minimum Gasteiger partial charge on any atom is -0.470 e. The number of aliphatic imine (C=N–C) groups is 1. The fourth-order valence-electron chi connectivity index (χ4n) is 7.69. The number of aliphatic hydroxyl groups is 1. The van der Waals surface area contributed by atoms with Crippen LogP contribution in [0.1, 0.15) is 89.9 Å². The molecule has 236 valence electrons. The van der Waals surface area contributed by atoms with E-state index in [4.69, 9.17) is 24.3 Å². The first-order valence-corrected chi connectivity index (χ1v) is 16.3. The summed E-state index contributed by atoms with van der Waals surface area (Å²) in [7, 11) is 0. The second kappa shape index (κ2) is 15.3. The van der Waals surface area contributed by atoms with Crippen molar-refractivity contribution in [1.29, 1.82) is 0 Å². The molecule has 2 unspecified atom stereocenters. The maximum Gasteiger partial charge on any atom is 0.255 e. The van der Waals surface area contributed by atoms with Crippen LogP contribution in [0.5, 0.6) is 0 Å². The number of aliphatic hydroxyl groups excluding tert-OH is 1. The van der Waals surface area contributed by atoms with Crippen molar-refractivity contribution in [1.82, 2.24) is 4.90 Å². The summed E-state index contributed by atoms with van der Waals surface area (Å²) in [6.45, 7) is 2.59. The molecule has 5 rings (SSSR count). The number of allylic oxidation sites excluding steroid dienone is 1. The van der Waals surface area contributed by atoms with Crippen molar-refractivity contribution in [2.45, 2.75) is 114 Å². The van der Waals surface area contributed by atoms with Crippen LogP contribution in [0.15, 0.2) is 26.5 Å². The van der Waals surface area contributed by atoms with E-state index in [1.807, 2.05) is 4.90 Å². The SMILES string of the molecule is [N-]=[N+]=NC1=C([C@@H]2OC(C3CCC(OCCCO)CC3)=N[C@]2(CC2CCCCC2N=[N+]=[N-])C(=O)N2CCOCC2)CCCC1. The van der Waals surface area contributed by atoms with Crippen LogP contribution >= 0.6 is 0 Å². The number of rotatable bonds is 11. The minimum absolute atomic E-state index is 0.00777. The molecule has 0 bridgehead atoms. The van der Waals surface area contributed by atoms with Crippen LogP contribution in [-0.4, -0.2) is 85.1 Å². The van der Waals surface area contributed by atoms with Gasteiger partial charge in [-0.2, -0.15) is 0 Å². The number of hydrogen-bond acceptors (Lipinski definition) is 8. The van der Waals surface area contributed by atoms with Gasteiger partial charge >= 0.3 is 0 Å². The first-order valence-electron chi connectivity index (χ1n) is 16.3. The van der Waals surface area contributed by atoms with E-state index in [9.17, 15) is 15.9 Å². The quantitative estimate of drug-likeness (QED) is 0.138. The minimum atomic E-state index is -1.23. The van der Waals surface area contributed by atoms with Gasteiger partial charge in [0.15, 0.2) is 17.5 Å². The normalized spacial score (nSPS) is 33.2. The third-order valence-corrected chi connectivity index (χ3v) is 9.93. The first kappa shape index (κ1) is 31.6. The maximum absolute atomic E-state index is 14.8. The number of carbonyl (C=O) groups is 1. The van der Waals surface area contributed by atoms with E-state index in [0.717, 1.165) is 69.8 Å². The molecule has 13 nitrogen and oxygen atoms in total. The van der Waals surface area contributed by atoms with E-state index in [1.54, 1.807) is 0 Å². The molecule has 1 amide bonds. The Morgan fingerprint density at radius 1 is 1.05 bits per heavy atom. The zero-order valence-electron chi connectivity index (χ0n) is 25.2. The van der Waals surface area contributed by atoms with E-state index in [0.29, 0.717) is 70.2 Å². The van der Waals surface area contributed by atoms with Crippen molar-refractivity contribution in [3.63, 3.8) is 0 Å². The molecular weight excluding hydrogens is 552 g/mol. The number of hydrogen-bond donors (Lipinski definition) is 1. The standard InChI is InChI=1S/C30H46N8O5/c31-36-34-25-8-3-1-6-22(25)20-30(29(40)38-14-18-41-19-15-38)27(24-7-2-4-9-26(24)35-37-32)43-28(33-30)21-10-12-23(13-11-21)42-17-5-16-39/h21-23,25,27,39H,1-20H2/t21?,22?,23?,25?,27-,30-/m0/s1. The van der Waals surface area contributed by atoms with Gasteiger partial charge in [-0.05, 0) is 99.6 Å². The molecule has 4 atom stereocenters. The number of morpholine rings is 1. The van der Waals surface area contributed by atoms with Gasteiger partial charge in [-0.25, -0.2) is 4.99 Å². The smallest absolute Gasteiger partial charge is 0.255 e. The monoisotopic (exact) mass is 598 g/mol. The lowest BCUT2D eigenvalue weighted by atomic mass is 9.71. The lowest BCUT2D eigenvalue weighted by Gasteiger charge is -2.41. The van der Waals surface area contributed by atoms with Gasteiger partial charge in [-0.3, -0.25) is 4.79 Å². The van der Waals surface area contributed by atoms with Crippen molar-refractivity contribution in [3.05, 3.63) is 32.2 Å². The van der Waals surface area contributed by atoms with Crippen LogP contribution in [0, 0.1) is 11.8 Å². The summed E-state index contributed by atoms with van der Waals surface area (Å²) in [4.78, 5) is 28.3. The summed E-state index contributed by atoms with van der Waals surface area (Å²) in [6, 6.07) is -0.198. The molecule has 0 radical (unpaired) electrons. The maximum atomic E-state index is 14.8. The van der Waals surface area contributed by atoms with E-state index in [2.05, 4.69) is 20.1 Å². The summed E-state index contributed by atoms with van der Waals surface area (Å²) in [5.41, 5.74) is 19.1. The molecule has 2 aliphatic heterocycles. The van der Waals surface area contributed by atoms with E-state index >= 15 is 0 Å². The lowest BCUT2D eigenvalue weighted by Crippen LogP contribution is -2.58. The summed E-state index contributed by atoms with van der Waals surface area (Å²) in [5, 5.41) is 17.4. The van der Waals surface area contributed by atoms with Crippen LogP contribution in [-0.2, 0) is 19.0 Å². The molecule has 0 aromatic rings. The van der Waals surface area contributed by atoms with Crippen molar-refractivity contribution in [2.24, 2.45) is 27.1 Å². The molecule has 2 saturated carbocycles. The van der Waals surface area contributed by atoms with E-state index in [-0.39, 0.29) is 36.5 Å². The van der Waals surface area contributed by atoms with E-state index in [1.165, 1.54) is 0 Å². The molecular formula is C30H46N8O5. The Balaban J connectivity index is 1.53. The molecule has 13 heteroatoms. The van der Waals surface area contributed by atoms with Crippen molar-refractivity contribution in [3.8, 4) is 0 Å².